The first-order valence-electron chi connectivity index (χ1n) is 8.68. The maximum atomic E-state index is 12.4. The monoisotopic (exact) mass is 339 g/mol. The minimum atomic E-state index is -0.114. The SMILES string of the molecule is Cc1cc(N2CCCC2)nc(CNC(=O)c2cccc(N(C)C)c2)n1. The van der Waals surface area contributed by atoms with Crippen molar-refractivity contribution in [3.05, 3.63) is 47.4 Å². The summed E-state index contributed by atoms with van der Waals surface area (Å²) in [5.41, 5.74) is 2.56. The molecule has 132 valence electrons. The molecule has 1 amide bonds. The number of aromatic nitrogens is 2. The van der Waals surface area contributed by atoms with Crippen molar-refractivity contribution in [2.45, 2.75) is 26.3 Å². The zero-order valence-corrected chi connectivity index (χ0v) is 15.1. The molecule has 1 aromatic carbocycles. The third-order valence-corrected chi connectivity index (χ3v) is 4.35. The Morgan fingerprint density at radius 3 is 2.68 bits per heavy atom. The van der Waals surface area contributed by atoms with Gasteiger partial charge >= 0.3 is 0 Å². The Labute approximate surface area is 148 Å². The molecule has 0 atom stereocenters. The second kappa shape index (κ2) is 7.51. The van der Waals surface area contributed by atoms with Gasteiger partial charge in [0, 0.05) is 50.2 Å². The molecule has 2 aromatic rings. The number of anilines is 2. The van der Waals surface area contributed by atoms with Crippen molar-refractivity contribution in [2.75, 3.05) is 37.0 Å². The van der Waals surface area contributed by atoms with Crippen LogP contribution in [-0.2, 0) is 6.54 Å². The van der Waals surface area contributed by atoms with Crippen LogP contribution in [0.1, 0.15) is 34.7 Å². The summed E-state index contributed by atoms with van der Waals surface area (Å²) in [6.45, 7) is 4.37. The fourth-order valence-electron chi connectivity index (χ4n) is 2.99. The van der Waals surface area contributed by atoms with Crippen LogP contribution in [0.25, 0.3) is 0 Å². The third kappa shape index (κ3) is 4.26. The van der Waals surface area contributed by atoms with E-state index in [1.807, 2.05) is 56.3 Å². The zero-order chi connectivity index (χ0) is 17.8. The molecular weight excluding hydrogens is 314 g/mol. The minimum absolute atomic E-state index is 0.114. The Balaban J connectivity index is 1.68. The number of benzene rings is 1. The van der Waals surface area contributed by atoms with E-state index in [1.165, 1.54) is 12.8 Å². The summed E-state index contributed by atoms with van der Waals surface area (Å²) in [6, 6.07) is 9.57. The molecule has 0 radical (unpaired) electrons. The summed E-state index contributed by atoms with van der Waals surface area (Å²) in [5.74, 6) is 1.50. The Kier molecular flexibility index (Phi) is 5.16. The fourth-order valence-corrected chi connectivity index (χ4v) is 2.99. The largest absolute Gasteiger partial charge is 0.378 e. The van der Waals surface area contributed by atoms with Gasteiger partial charge in [-0.3, -0.25) is 4.79 Å². The van der Waals surface area contributed by atoms with Gasteiger partial charge in [0.25, 0.3) is 5.91 Å². The van der Waals surface area contributed by atoms with E-state index in [0.29, 0.717) is 17.9 Å². The topological polar surface area (TPSA) is 61.4 Å². The van der Waals surface area contributed by atoms with Crippen molar-refractivity contribution >= 4 is 17.4 Å². The van der Waals surface area contributed by atoms with Crippen molar-refractivity contribution < 1.29 is 4.79 Å². The van der Waals surface area contributed by atoms with E-state index in [2.05, 4.69) is 20.2 Å². The normalized spacial score (nSPS) is 13.8. The predicted molar refractivity (Wildman–Crippen MR) is 100 cm³/mol. The second-order valence-corrected chi connectivity index (χ2v) is 6.61. The molecular formula is C19H25N5O. The first-order chi connectivity index (χ1) is 12.0. The quantitative estimate of drug-likeness (QED) is 0.906. The van der Waals surface area contributed by atoms with E-state index in [9.17, 15) is 4.79 Å². The number of carbonyl (C=O) groups is 1. The number of carbonyl (C=O) groups excluding carboxylic acids is 1. The molecule has 1 aliphatic rings. The number of amides is 1. The van der Waals surface area contributed by atoms with Gasteiger partial charge in [0.1, 0.15) is 11.6 Å². The van der Waals surface area contributed by atoms with Gasteiger partial charge < -0.3 is 15.1 Å². The second-order valence-electron chi connectivity index (χ2n) is 6.61. The molecule has 0 spiro atoms. The first-order valence-corrected chi connectivity index (χ1v) is 8.68. The highest BCUT2D eigenvalue weighted by Gasteiger charge is 2.15. The number of nitrogens with zero attached hydrogens (tertiary/aromatic N) is 4. The van der Waals surface area contributed by atoms with Crippen molar-refractivity contribution in [3.8, 4) is 0 Å². The third-order valence-electron chi connectivity index (χ3n) is 4.35. The average molecular weight is 339 g/mol. The van der Waals surface area contributed by atoms with Gasteiger partial charge in [-0.15, -0.1) is 0 Å². The molecule has 0 bridgehead atoms. The molecule has 1 aromatic heterocycles. The maximum Gasteiger partial charge on any atom is 0.251 e. The molecule has 1 aliphatic heterocycles. The summed E-state index contributed by atoms with van der Waals surface area (Å²) in [5, 5.41) is 2.93. The van der Waals surface area contributed by atoms with Gasteiger partial charge in [0.05, 0.1) is 6.54 Å². The predicted octanol–water partition coefficient (Wildman–Crippen LogP) is 2.38. The highest BCUT2D eigenvalue weighted by molar-refractivity contribution is 5.95. The zero-order valence-electron chi connectivity index (χ0n) is 15.1. The first kappa shape index (κ1) is 17.2. The van der Waals surface area contributed by atoms with Crippen LogP contribution in [0.4, 0.5) is 11.5 Å². The van der Waals surface area contributed by atoms with Crippen LogP contribution in [-0.4, -0.2) is 43.1 Å². The lowest BCUT2D eigenvalue weighted by molar-refractivity contribution is 0.0950. The van der Waals surface area contributed by atoms with Crippen molar-refractivity contribution in [3.63, 3.8) is 0 Å². The van der Waals surface area contributed by atoms with Crippen LogP contribution >= 0.6 is 0 Å². The van der Waals surface area contributed by atoms with E-state index in [-0.39, 0.29) is 5.91 Å². The van der Waals surface area contributed by atoms with Crippen LogP contribution < -0.4 is 15.1 Å². The van der Waals surface area contributed by atoms with Crippen LogP contribution in [0.3, 0.4) is 0 Å². The number of aryl methyl sites for hydroxylation is 1. The molecule has 0 saturated carbocycles. The summed E-state index contributed by atoms with van der Waals surface area (Å²) < 4.78 is 0. The fraction of sp³-hybridized carbons (Fsp3) is 0.421. The lowest BCUT2D eigenvalue weighted by Crippen LogP contribution is -2.26. The van der Waals surface area contributed by atoms with Gasteiger partial charge in [-0.25, -0.2) is 9.97 Å². The average Bonchev–Trinajstić information content (AvgIpc) is 3.14. The summed E-state index contributed by atoms with van der Waals surface area (Å²) in [7, 11) is 3.91. The van der Waals surface area contributed by atoms with Crippen molar-refractivity contribution in [1.82, 2.24) is 15.3 Å². The Hall–Kier alpha value is -2.63. The molecule has 1 saturated heterocycles. The molecule has 25 heavy (non-hydrogen) atoms. The van der Waals surface area contributed by atoms with Crippen molar-refractivity contribution in [2.24, 2.45) is 0 Å². The summed E-state index contributed by atoms with van der Waals surface area (Å²) in [4.78, 5) is 25.8. The standard InChI is InChI=1S/C19H25N5O/c1-14-11-18(24-9-4-5-10-24)22-17(21-14)13-20-19(25)15-7-6-8-16(12-15)23(2)3/h6-8,11-12H,4-5,9-10,13H2,1-3H3,(H,20,25). The molecule has 1 fully saturated rings. The summed E-state index contributed by atoms with van der Waals surface area (Å²) >= 11 is 0. The van der Waals surface area contributed by atoms with Crippen LogP contribution in [0.15, 0.2) is 30.3 Å². The molecule has 6 heteroatoms. The van der Waals surface area contributed by atoms with Gasteiger partial charge in [-0.2, -0.15) is 0 Å². The number of hydrogen-bond acceptors (Lipinski definition) is 5. The van der Waals surface area contributed by atoms with E-state index < -0.39 is 0 Å². The van der Waals surface area contributed by atoms with Gasteiger partial charge in [0.15, 0.2) is 0 Å². The van der Waals surface area contributed by atoms with Gasteiger partial charge in [-0.05, 0) is 38.0 Å². The number of hydrogen-bond donors (Lipinski definition) is 1. The molecule has 6 nitrogen and oxygen atoms in total. The van der Waals surface area contributed by atoms with E-state index in [0.717, 1.165) is 30.3 Å². The maximum absolute atomic E-state index is 12.4. The van der Waals surface area contributed by atoms with Gasteiger partial charge in [-0.1, -0.05) is 6.07 Å². The van der Waals surface area contributed by atoms with Crippen LogP contribution in [0, 0.1) is 6.92 Å². The molecule has 2 heterocycles. The van der Waals surface area contributed by atoms with Crippen LogP contribution in [0.5, 0.6) is 0 Å². The smallest absolute Gasteiger partial charge is 0.251 e. The van der Waals surface area contributed by atoms with Crippen molar-refractivity contribution in [1.29, 1.82) is 0 Å². The lowest BCUT2D eigenvalue weighted by atomic mass is 10.2. The highest BCUT2D eigenvalue weighted by atomic mass is 16.1. The summed E-state index contributed by atoms with van der Waals surface area (Å²) in [6.07, 6.45) is 2.41. The molecule has 3 rings (SSSR count). The van der Waals surface area contributed by atoms with E-state index in [1.54, 1.807) is 0 Å². The van der Waals surface area contributed by atoms with E-state index >= 15 is 0 Å². The number of rotatable bonds is 5. The Bertz CT molecular complexity index is 753. The molecule has 0 aliphatic carbocycles. The van der Waals surface area contributed by atoms with E-state index in [4.69, 9.17) is 0 Å². The molecule has 0 unspecified atom stereocenters. The lowest BCUT2D eigenvalue weighted by Gasteiger charge is -2.17. The Morgan fingerprint density at radius 1 is 1.20 bits per heavy atom. The highest BCUT2D eigenvalue weighted by Crippen LogP contribution is 2.18. The Morgan fingerprint density at radius 2 is 1.96 bits per heavy atom. The molecule has 1 N–H and O–H groups in total. The number of nitrogens with one attached hydrogen (secondary N) is 1. The van der Waals surface area contributed by atoms with Crippen LogP contribution in [0.2, 0.25) is 0 Å². The van der Waals surface area contributed by atoms with Gasteiger partial charge in [0.2, 0.25) is 0 Å². The minimum Gasteiger partial charge on any atom is -0.378 e.